The van der Waals surface area contributed by atoms with Gasteiger partial charge in [0.2, 0.25) is 21.8 Å². The van der Waals surface area contributed by atoms with E-state index in [1.54, 1.807) is 29.2 Å². The van der Waals surface area contributed by atoms with Crippen LogP contribution >= 0.6 is 0 Å². The van der Waals surface area contributed by atoms with E-state index >= 15 is 0 Å². The first-order valence-electron chi connectivity index (χ1n) is 10.0. The van der Waals surface area contributed by atoms with Crippen molar-refractivity contribution in [2.45, 2.75) is 43.5 Å². The van der Waals surface area contributed by atoms with Gasteiger partial charge in [0.05, 0.1) is 4.90 Å². The number of sulfonamides is 1. The Labute approximate surface area is 166 Å². The third-order valence-electron chi connectivity index (χ3n) is 5.95. The largest absolute Gasteiger partial charge is 0.339 e. The minimum Gasteiger partial charge on any atom is -0.339 e. The van der Waals surface area contributed by atoms with Gasteiger partial charge in [-0.05, 0) is 44.7 Å². The molecule has 0 spiro atoms. The molecule has 3 aliphatic rings. The minimum atomic E-state index is -3.69. The van der Waals surface area contributed by atoms with Crippen LogP contribution in [0.3, 0.4) is 0 Å². The molecule has 7 nitrogen and oxygen atoms in total. The predicted octanol–water partition coefficient (Wildman–Crippen LogP) is 1.23. The lowest BCUT2D eigenvalue weighted by Crippen LogP contribution is -2.55. The van der Waals surface area contributed by atoms with Crippen LogP contribution in [-0.2, 0) is 19.6 Å². The number of benzene rings is 1. The van der Waals surface area contributed by atoms with Gasteiger partial charge < -0.3 is 9.80 Å². The van der Waals surface area contributed by atoms with Crippen LogP contribution in [0.15, 0.2) is 29.2 Å². The average molecular weight is 406 g/mol. The van der Waals surface area contributed by atoms with Crippen molar-refractivity contribution in [2.24, 2.45) is 5.92 Å². The van der Waals surface area contributed by atoms with Crippen LogP contribution in [-0.4, -0.2) is 73.1 Å². The van der Waals surface area contributed by atoms with Crippen LogP contribution in [0.5, 0.6) is 0 Å². The fourth-order valence-electron chi connectivity index (χ4n) is 4.07. The van der Waals surface area contributed by atoms with Crippen LogP contribution in [0.25, 0.3) is 0 Å². The molecule has 0 aromatic heterocycles. The summed E-state index contributed by atoms with van der Waals surface area (Å²) in [5, 5.41) is 0. The van der Waals surface area contributed by atoms with E-state index in [4.69, 9.17) is 0 Å². The maximum absolute atomic E-state index is 13.1. The summed E-state index contributed by atoms with van der Waals surface area (Å²) >= 11 is 0. The molecule has 1 aliphatic carbocycles. The van der Waals surface area contributed by atoms with Gasteiger partial charge >= 0.3 is 0 Å². The van der Waals surface area contributed by atoms with Crippen LogP contribution in [0.1, 0.15) is 31.2 Å². The summed E-state index contributed by atoms with van der Waals surface area (Å²) in [7, 11) is -3.69. The molecule has 28 heavy (non-hydrogen) atoms. The summed E-state index contributed by atoms with van der Waals surface area (Å²) in [4.78, 5) is 29.1. The van der Waals surface area contributed by atoms with Gasteiger partial charge in [-0.1, -0.05) is 17.7 Å². The topological polar surface area (TPSA) is 78.0 Å². The van der Waals surface area contributed by atoms with E-state index in [2.05, 4.69) is 0 Å². The van der Waals surface area contributed by atoms with E-state index in [9.17, 15) is 18.0 Å². The van der Waals surface area contributed by atoms with Crippen LogP contribution in [0.2, 0.25) is 0 Å². The highest BCUT2D eigenvalue weighted by Crippen LogP contribution is 2.32. The molecule has 2 heterocycles. The first kappa shape index (κ1) is 19.4. The van der Waals surface area contributed by atoms with Crippen molar-refractivity contribution in [3.8, 4) is 0 Å². The Morgan fingerprint density at radius 1 is 0.857 bits per heavy atom. The number of piperazine rings is 1. The Morgan fingerprint density at radius 3 is 2.00 bits per heavy atom. The Bertz CT molecular complexity index is 856. The Morgan fingerprint density at radius 2 is 1.43 bits per heavy atom. The second kappa shape index (κ2) is 7.48. The van der Waals surface area contributed by atoms with Gasteiger partial charge in [-0.15, -0.1) is 0 Å². The molecule has 8 heteroatoms. The SMILES string of the molecule is Cc1ccc(S(=O)(=O)N2CCCC2C(=O)N2CCN(C(=O)C3CC3)CC2)cc1. The zero-order chi connectivity index (χ0) is 19.9. The summed E-state index contributed by atoms with van der Waals surface area (Å²) in [5.74, 6) is 0.260. The number of carbonyl (C=O) groups is 2. The molecular weight excluding hydrogens is 378 g/mol. The number of hydrogen-bond acceptors (Lipinski definition) is 4. The van der Waals surface area contributed by atoms with E-state index in [1.807, 2.05) is 11.8 Å². The summed E-state index contributed by atoms with van der Waals surface area (Å²) in [5.41, 5.74) is 0.992. The molecule has 4 rings (SSSR count). The van der Waals surface area contributed by atoms with E-state index < -0.39 is 16.1 Å². The molecule has 1 saturated carbocycles. The van der Waals surface area contributed by atoms with E-state index in [0.29, 0.717) is 45.6 Å². The molecule has 2 amide bonds. The first-order chi connectivity index (χ1) is 13.4. The van der Waals surface area contributed by atoms with Crippen molar-refractivity contribution in [1.82, 2.24) is 14.1 Å². The van der Waals surface area contributed by atoms with Crippen molar-refractivity contribution in [2.75, 3.05) is 32.7 Å². The van der Waals surface area contributed by atoms with Gasteiger partial charge in [-0.2, -0.15) is 4.31 Å². The molecule has 152 valence electrons. The second-order valence-electron chi connectivity index (χ2n) is 8.01. The molecule has 1 aromatic carbocycles. The molecule has 1 unspecified atom stereocenters. The molecule has 0 bridgehead atoms. The van der Waals surface area contributed by atoms with Crippen LogP contribution in [0, 0.1) is 12.8 Å². The smallest absolute Gasteiger partial charge is 0.243 e. The lowest BCUT2D eigenvalue weighted by atomic mass is 10.2. The predicted molar refractivity (Wildman–Crippen MR) is 104 cm³/mol. The lowest BCUT2D eigenvalue weighted by Gasteiger charge is -2.37. The molecule has 0 radical (unpaired) electrons. The highest BCUT2D eigenvalue weighted by molar-refractivity contribution is 7.89. The first-order valence-corrected chi connectivity index (χ1v) is 11.5. The molecule has 2 saturated heterocycles. The molecule has 1 aromatic rings. The van der Waals surface area contributed by atoms with Gasteiger partial charge in [0.1, 0.15) is 6.04 Å². The average Bonchev–Trinajstić information content (AvgIpc) is 3.43. The zero-order valence-electron chi connectivity index (χ0n) is 16.2. The van der Waals surface area contributed by atoms with E-state index in [-0.39, 0.29) is 22.6 Å². The van der Waals surface area contributed by atoms with Crippen molar-refractivity contribution >= 4 is 21.8 Å². The lowest BCUT2D eigenvalue weighted by molar-refractivity contribution is -0.142. The summed E-state index contributed by atoms with van der Waals surface area (Å²) in [6, 6.07) is 6.11. The molecule has 2 aliphatic heterocycles. The normalized spacial score (nSPS) is 23.8. The minimum absolute atomic E-state index is 0.133. The van der Waals surface area contributed by atoms with E-state index in [0.717, 1.165) is 18.4 Å². The quantitative estimate of drug-likeness (QED) is 0.755. The van der Waals surface area contributed by atoms with Gasteiger partial charge in [0.25, 0.3) is 0 Å². The number of amides is 2. The van der Waals surface area contributed by atoms with Crippen molar-refractivity contribution in [3.05, 3.63) is 29.8 Å². The highest BCUT2D eigenvalue weighted by Gasteiger charge is 2.42. The number of carbonyl (C=O) groups excluding carboxylic acids is 2. The van der Waals surface area contributed by atoms with Crippen molar-refractivity contribution in [3.63, 3.8) is 0 Å². The van der Waals surface area contributed by atoms with E-state index in [1.165, 1.54) is 4.31 Å². The summed E-state index contributed by atoms with van der Waals surface area (Å²) in [6.45, 7) is 4.31. The maximum Gasteiger partial charge on any atom is 0.243 e. The third-order valence-corrected chi connectivity index (χ3v) is 7.87. The fraction of sp³-hybridized carbons (Fsp3) is 0.600. The van der Waals surface area contributed by atoms with Crippen LogP contribution in [0.4, 0.5) is 0 Å². The molecular formula is C20H27N3O4S. The molecule has 3 fully saturated rings. The number of aryl methyl sites for hydroxylation is 1. The van der Waals surface area contributed by atoms with Gasteiger partial charge in [0, 0.05) is 38.6 Å². The monoisotopic (exact) mass is 405 g/mol. The second-order valence-corrected chi connectivity index (χ2v) is 9.90. The van der Waals surface area contributed by atoms with Crippen LogP contribution < -0.4 is 0 Å². The molecule has 0 N–H and O–H groups in total. The van der Waals surface area contributed by atoms with Crippen molar-refractivity contribution < 1.29 is 18.0 Å². The van der Waals surface area contributed by atoms with Crippen molar-refractivity contribution in [1.29, 1.82) is 0 Å². The molecule has 1 atom stereocenters. The Kier molecular flexibility index (Phi) is 5.18. The third kappa shape index (κ3) is 3.67. The number of nitrogens with zero attached hydrogens (tertiary/aromatic N) is 3. The summed E-state index contributed by atoms with van der Waals surface area (Å²) < 4.78 is 27.5. The zero-order valence-corrected chi connectivity index (χ0v) is 17.0. The van der Waals surface area contributed by atoms with Gasteiger partial charge in [-0.3, -0.25) is 9.59 Å². The maximum atomic E-state index is 13.1. The fourth-order valence-corrected chi connectivity index (χ4v) is 5.72. The highest BCUT2D eigenvalue weighted by atomic mass is 32.2. The Hall–Kier alpha value is -1.93. The summed E-state index contributed by atoms with van der Waals surface area (Å²) in [6.07, 6.45) is 3.19. The van der Waals surface area contributed by atoms with Gasteiger partial charge in [-0.25, -0.2) is 8.42 Å². The number of rotatable bonds is 4. The standard InChI is InChI=1S/C20H27N3O4S/c1-15-4-8-17(9-5-15)28(26,27)23-10-2-3-18(23)20(25)22-13-11-21(12-14-22)19(24)16-6-7-16/h4-5,8-9,16,18H,2-3,6-7,10-14H2,1H3. The Balaban J connectivity index is 1.43. The van der Waals surface area contributed by atoms with Gasteiger partial charge in [0.15, 0.2) is 0 Å². The number of hydrogen-bond donors (Lipinski definition) is 0.